The van der Waals surface area contributed by atoms with Gasteiger partial charge in [-0.3, -0.25) is 14.4 Å². The Labute approximate surface area is 117 Å². The van der Waals surface area contributed by atoms with Crippen LogP contribution in [0.1, 0.15) is 20.8 Å². The Bertz CT molecular complexity index is 446. The smallest absolute Gasteiger partial charge is 0.325 e. The van der Waals surface area contributed by atoms with Gasteiger partial charge in [-0.15, -0.1) is 0 Å². The molecule has 0 bridgehead atoms. The lowest BCUT2D eigenvalue weighted by atomic mass is 9.81. The second-order valence-corrected chi connectivity index (χ2v) is 5.49. The highest BCUT2D eigenvalue weighted by atomic mass is 16.7. The molecule has 2 rings (SSSR count). The fraction of sp³-hybridized carbons (Fsp3) is 0.769. The van der Waals surface area contributed by atoms with E-state index in [4.69, 9.17) is 9.47 Å². The zero-order valence-corrected chi connectivity index (χ0v) is 12.0. The van der Waals surface area contributed by atoms with E-state index in [1.807, 2.05) is 0 Å². The number of ether oxygens (including phenoxy) is 3. The molecule has 2 heterocycles. The number of hydrogen-bond donors (Lipinski definition) is 0. The number of methoxy groups -OCH3 is 1. The van der Waals surface area contributed by atoms with Crippen LogP contribution in [0.4, 0.5) is 0 Å². The summed E-state index contributed by atoms with van der Waals surface area (Å²) in [6.07, 6.45) is -0.416. The summed E-state index contributed by atoms with van der Waals surface area (Å²) in [5, 5.41) is 0. The minimum atomic E-state index is -0.762. The minimum Gasteiger partial charge on any atom is -0.468 e. The van der Waals surface area contributed by atoms with Crippen LogP contribution < -0.4 is 0 Å². The van der Waals surface area contributed by atoms with Gasteiger partial charge in [0.15, 0.2) is 5.79 Å². The number of ketones is 1. The van der Waals surface area contributed by atoms with Crippen molar-refractivity contribution in [1.29, 1.82) is 0 Å². The molecule has 0 radical (unpaired) electrons. The Morgan fingerprint density at radius 2 is 2.10 bits per heavy atom. The lowest BCUT2D eigenvalue weighted by molar-refractivity contribution is -0.184. The zero-order chi connectivity index (χ0) is 15.1. The van der Waals surface area contributed by atoms with E-state index in [1.165, 1.54) is 18.9 Å². The molecule has 0 aromatic rings. The Morgan fingerprint density at radius 1 is 1.45 bits per heavy atom. The van der Waals surface area contributed by atoms with Crippen molar-refractivity contribution in [3.63, 3.8) is 0 Å². The number of esters is 1. The summed E-state index contributed by atoms with van der Waals surface area (Å²) in [6, 6.07) is -0.471. The van der Waals surface area contributed by atoms with E-state index in [0.717, 1.165) is 0 Å². The van der Waals surface area contributed by atoms with Gasteiger partial charge in [-0.25, -0.2) is 0 Å². The van der Waals surface area contributed by atoms with Crippen LogP contribution in [0.5, 0.6) is 0 Å². The van der Waals surface area contributed by atoms with Crippen molar-refractivity contribution < 1.29 is 28.6 Å². The van der Waals surface area contributed by atoms with Crippen LogP contribution in [0.25, 0.3) is 0 Å². The molecule has 0 aliphatic carbocycles. The number of rotatable bonds is 4. The Morgan fingerprint density at radius 3 is 2.55 bits per heavy atom. The van der Waals surface area contributed by atoms with Crippen molar-refractivity contribution in [3.05, 3.63) is 0 Å². The predicted molar refractivity (Wildman–Crippen MR) is 66.6 cm³/mol. The Kier molecular flexibility index (Phi) is 3.84. The van der Waals surface area contributed by atoms with Gasteiger partial charge in [-0.05, 0) is 20.8 Å². The van der Waals surface area contributed by atoms with Gasteiger partial charge in [0.05, 0.1) is 19.8 Å². The van der Waals surface area contributed by atoms with Crippen molar-refractivity contribution in [2.24, 2.45) is 5.92 Å². The molecule has 0 unspecified atom stereocenters. The van der Waals surface area contributed by atoms with E-state index >= 15 is 0 Å². The topological polar surface area (TPSA) is 82.1 Å². The quantitative estimate of drug-likeness (QED) is 0.401. The lowest BCUT2D eigenvalue weighted by Gasteiger charge is -2.47. The molecular formula is C13H19NO6. The molecule has 2 fully saturated rings. The van der Waals surface area contributed by atoms with Gasteiger partial charge < -0.3 is 19.1 Å². The van der Waals surface area contributed by atoms with Crippen molar-refractivity contribution in [3.8, 4) is 0 Å². The average molecular weight is 285 g/mol. The van der Waals surface area contributed by atoms with E-state index < -0.39 is 29.8 Å². The molecule has 7 heteroatoms. The molecule has 0 aromatic heterocycles. The fourth-order valence-corrected chi connectivity index (χ4v) is 2.67. The van der Waals surface area contributed by atoms with Crippen LogP contribution in [-0.4, -0.2) is 60.8 Å². The predicted octanol–water partition coefficient (Wildman–Crippen LogP) is -0.273. The van der Waals surface area contributed by atoms with Gasteiger partial charge in [0.1, 0.15) is 24.3 Å². The second-order valence-electron chi connectivity index (χ2n) is 5.49. The van der Waals surface area contributed by atoms with Crippen molar-refractivity contribution in [2.45, 2.75) is 38.7 Å². The standard InChI is InChI=1S/C13H19NO6/c1-7(15)10-11(8-6-19-13(2,3)20-8)14(12(10)17)5-9(16)18-4/h8,10-11H,5-6H2,1-4H3/t8-,10-,11-/m1/s1. The summed E-state index contributed by atoms with van der Waals surface area (Å²) in [6.45, 7) is 5.00. The molecule has 7 nitrogen and oxygen atoms in total. The second kappa shape index (κ2) is 5.14. The van der Waals surface area contributed by atoms with Crippen molar-refractivity contribution in [2.75, 3.05) is 20.3 Å². The zero-order valence-electron chi connectivity index (χ0n) is 12.0. The largest absolute Gasteiger partial charge is 0.468 e. The highest BCUT2D eigenvalue weighted by molar-refractivity contribution is 6.06. The summed E-state index contributed by atoms with van der Waals surface area (Å²) < 4.78 is 15.7. The highest BCUT2D eigenvalue weighted by Crippen LogP contribution is 2.36. The number of nitrogens with zero attached hydrogens (tertiary/aromatic N) is 1. The third-order valence-electron chi connectivity index (χ3n) is 3.63. The molecule has 112 valence electrons. The molecule has 0 aromatic carbocycles. The third-order valence-corrected chi connectivity index (χ3v) is 3.63. The molecule has 2 saturated heterocycles. The van der Waals surface area contributed by atoms with Gasteiger partial charge in [-0.1, -0.05) is 0 Å². The number of carbonyl (C=O) groups is 3. The van der Waals surface area contributed by atoms with Crippen LogP contribution in [0.2, 0.25) is 0 Å². The van der Waals surface area contributed by atoms with Crippen LogP contribution >= 0.6 is 0 Å². The molecule has 2 aliphatic heterocycles. The normalized spacial score (nSPS) is 31.9. The van der Waals surface area contributed by atoms with Gasteiger partial charge in [-0.2, -0.15) is 0 Å². The number of carbonyl (C=O) groups excluding carboxylic acids is 3. The van der Waals surface area contributed by atoms with Gasteiger partial charge in [0.25, 0.3) is 0 Å². The van der Waals surface area contributed by atoms with Gasteiger partial charge in [0.2, 0.25) is 5.91 Å². The molecule has 2 aliphatic rings. The number of Topliss-reactive ketones (excluding diaryl/α,β-unsaturated/α-hetero) is 1. The maximum atomic E-state index is 12.0. The monoisotopic (exact) mass is 285 g/mol. The van der Waals surface area contributed by atoms with Crippen LogP contribution in [0.3, 0.4) is 0 Å². The van der Waals surface area contributed by atoms with E-state index in [2.05, 4.69) is 4.74 Å². The van der Waals surface area contributed by atoms with Crippen molar-refractivity contribution >= 4 is 17.7 Å². The molecule has 0 spiro atoms. The number of amides is 1. The van der Waals surface area contributed by atoms with E-state index in [0.29, 0.717) is 0 Å². The minimum absolute atomic E-state index is 0.177. The van der Waals surface area contributed by atoms with Crippen molar-refractivity contribution in [1.82, 2.24) is 4.90 Å². The highest BCUT2D eigenvalue weighted by Gasteiger charge is 2.56. The first-order chi connectivity index (χ1) is 9.26. The summed E-state index contributed by atoms with van der Waals surface area (Å²) in [5.74, 6) is -2.62. The van der Waals surface area contributed by atoms with Crippen LogP contribution in [-0.2, 0) is 28.6 Å². The number of likely N-dealkylation sites (tertiary alicyclic amines) is 1. The van der Waals surface area contributed by atoms with E-state index in [1.54, 1.807) is 13.8 Å². The van der Waals surface area contributed by atoms with Gasteiger partial charge in [0, 0.05) is 0 Å². The molecule has 0 N–H and O–H groups in total. The third kappa shape index (κ3) is 2.55. The fourth-order valence-electron chi connectivity index (χ4n) is 2.67. The number of β-lactam (4-membered cyclic amide) rings is 1. The Hall–Kier alpha value is -1.47. The van der Waals surface area contributed by atoms with E-state index in [9.17, 15) is 14.4 Å². The molecule has 20 heavy (non-hydrogen) atoms. The summed E-state index contributed by atoms with van der Waals surface area (Å²) in [5.41, 5.74) is 0. The first-order valence-electron chi connectivity index (χ1n) is 6.46. The van der Waals surface area contributed by atoms with Crippen LogP contribution in [0, 0.1) is 5.92 Å². The van der Waals surface area contributed by atoms with Crippen LogP contribution in [0.15, 0.2) is 0 Å². The molecule has 1 amide bonds. The average Bonchev–Trinajstić information content (AvgIpc) is 2.71. The summed E-state index contributed by atoms with van der Waals surface area (Å²) in [7, 11) is 1.25. The maximum Gasteiger partial charge on any atom is 0.325 e. The molecule has 0 saturated carbocycles. The van der Waals surface area contributed by atoms with Gasteiger partial charge >= 0.3 is 5.97 Å². The molecule has 3 atom stereocenters. The first kappa shape index (κ1) is 14.9. The summed E-state index contributed by atoms with van der Waals surface area (Å²) in [4.78, 5) is 36.3. The molecular weight excluding hydrogens is 266 g/mol. The lowest BCUT2D eigenvalue weighted by Crippen LogP contribution is -2.69. The number of hydrogen-bond acceptors (Lipinski definition) is 6. The SMILES string of the molecule is COC(=O)CN1C(=O)[C@H](C(C)=O)[C@H]1[C@H]1COC(C)(C)O1. The summed E-state index contributed by atoms with van der Waals surface area (Å²) >= 11 is 0. The first-order valence-corrected chi connectivity index (χ1v) is 6.46. The van der Waals surface area contributed by atoms with E-state index in [-0.39, 0.29) is 24.8 Å². The Balaban J connectivity index is 2.14. The maximum absolute atomic E-state index is 12.0.